The maximum Gasteiger partial charge on any atom is 0.306 e. The van der Waals surface area contributed by atoms with Gasteiger partial charge in [-0.3, -0.25) is 4.79 Å². The molecule has 4 nitrogen and oxygen atoms in total. The summed E-state index contributed by atoms with van der Waals surface area (Å²) < 4.78 is 5.02. The summed E-state index contributed by atoms with van der Waals surface area (Å²) >= 11 is 6.07. The van der Waals surface area contributed by atoms with Gasteiger partial charge >= 0.3 is 5.97 Å². The molecule has 0 unspecified atom stereocenters. The second-order valence-corrected chi connectivity index (χ2v) is 4.70. The lowest BCUT2D eigenvalue weighted by Crippen LogP contribution is -2.20. The van der Waals surface area contributed by atoms with Gasteiger partial charge < -0.3 is 9.63 Å². The molecule has 2 rings (SSSR count). The molecule has 0 amide bonds. The topological polar surface area (TPSA) is 63.3 Å². The van der Waals surface area contributed by atoms with E-state index in [2.05, 4.69) is 5.16 Å². The van der Waals surface area contributed by atoms with E-state index in [1.165, 1.54) is 0 Å². The van der Waals surface area contributed by atoms with E-state index >= 15 is 0 Å². The molecule has 1 aliphatic rings. The van der Waals surface area contributed by atoms with Crippen LogP contribution in [-0.4, -0.2) is 16.2 Å². The van der Waals surface area contributed by atoms with Crippen LogP contribution in [0.4, 0.5) is 0 Å². The van der Waals surface area contributed by atoms with Crippen molar-refractivity contribution in [1.82, 2.24) is 5.16 Å². The number of hydrogen-bond donors (Lipinski definition) is 1. The Morgan fingerprint density at radius 3 is 2.50 bits per heavy atom. The van der Waals surface area contributed by atoms with Crippen molar-refractivity contribution in [3.8, 4) is 0 Å². The zero-order chi connectivity index (χ0) is 11.7. The molecule has 5 heteroatoms. The quantitative estimate of drug-likeness (QED) is 0.867. The Morgan fingerprint density at radius 1 is 1.44 bits per heavy atom. The van der Waals surface area contributed by atoms with Gasteiger partial charge in [0, 0.05) is 5.92 Å². The van der Waals surface area contributed by atoms with Crippen molar-refractivity contribution in [3.63, 3.8) is 0 Å². The van der Waals surface area contributed by atoms with E-state index < -0.39 is 5.97 Å². The van der Waals surface area contributed by atoms with Crippen LogP contribution in [0.3, 0.4) is 0 Å². The number of rotatable bonds is 2. The molecule has 16 heavy (non-hydrogen) atoms. The summed E-state index contributed by atoms with van der Waals surface area (Å²) in [6, 6.07) is 0. The Kier molecular flexibility index (Phi) is 3.19. The molecule has 1 fully saturated rings. The number of aliphatic carboxylic acids is 1. The number of carboxylic acids is 1. The van der Waals surface area contributed by atoms with Crippen molar-refractivity contribution in [1.29, 1.82) is 0 Å². The van der Waals surface area contributed by atoms with Crippen molar-refractivity contribution < 1.29 is 14.4 Å². The average molecular weight is 244 g/mol. The van der Waals surface area contributed by atoms with Crippen LogP contribution in [0.5, 0.6) is 0 Å². The number of aryl methyl sites for hydroxylation is 1. The second-order valence-electron chi connectivity index (χ2n) is 4.32. The minimum absolute atomic E-state index is 0.206. The van der Waals surface area contributed by atoms with Gasteiger partial charge in [0.25, 0.3) is 0 Å². The first-order chi connectivity index (χ1) is 7.59. The van der Waals surface area contributed by atoms with E-state index in [-0.39, 0.29) is 11.8 Å². The maximum atomic E-state index is 10.8. The minimum atomic E-state index is -0.694. The van der Waals surface area contributed by atoms with Crippen LogP contribution in [0, 0.1) is 12.8 Å². The minimum Gasteiger partial charge on any atom is -0.481 e. The largest absolute Gasteiger partial charge is 0.481 e. The summed E-state index contributed by atoms with van der Waals surface area (Å²) in [6.07, 6.45) is 3.04. The molecule has 0 bridgehead atoms. The fourth-order valence-corrected chi connectivity index (χ4v) is 2.47. The monoisotopic (exact) mass is 243 g/mol. The van der Waals surface area contributed by atoms with Gasteiger partial charge in [0.15, 0.2) is 5.76 Å². The van der Waals surface area contributed by atoms with E-state index in [0.29, 0.717) is 23.6 Å². The molecule has 88 valence electrons. The molecule has 0 atom stereocenters. The summed E-state index contributed by atoms with van der Waals surface area (Å²) in [7, 11) is 0. The number of carboxylic acid groups (broad SMARTS) is 1. The van der Waals surface area contributed by atoms with Crippen LogP contribution in [0.2, 0.25) is 5.02 Å². The third-order valence-electron chi connectivity index (χ3n) is 3.28. The maximum absolute atomic E-state index is 10.8. The molecule has 0 saturated heterocycles. The smallest absolute Gasteiger partial charge is 0.306 e. The van der Waals surface area contributed by atoms with E-state index in [1.54, 1.807) is 6.92 Å². The molecular weight excluding hydrogens is 230 g/mol. The van der Waals surface area contributed by atoms with Gasteiger partial charge in [0.2, 0.25) is 0 Å². The van der Waals surface area contributed by atoms with E-state index in [9.17, 15) is 4.79 Å². The highest BCUT2D eigenvalue weighted by molar-refractivity contribution is 6.31. The molecule has 0 aromatic carbocycles. The van der Waals surface area contributed by atoms with Crippen molar-refractivity contribution in [3.05, 3.63) is 16.5 Å². The number of nitrogens with zero attached hydrogens (tertiary/aromatic N) is 1. The van der Waals surface area contributed by atoms with Crippen molar-refractivity contribution in [2.75, 3.05) is 0 Å². The predicted octanol–water partition coefficient (Wildman–Crippen LogP) is 2.99. The first-order valence-corrected chi connectivity index (χ1v) is 5.82. The molecule has 1 aromatic rings. The molecular formula is C11H14ClNO3. The third kappa shape index (κ3) is 2.07. The Morgan fingerprint density at radius 2 is 2.06 bits per heavy atom. The highest BCUT2D eigenvalue weighted by atomic mass is 35.5. The van der Waals surface area contributed by atoms with E-state index in [0.717, 1.165) is 18.5 Å². The van der Waals surface area contributed by atoms with Crippen LogP contribution in [0.1, 0.15) is 43.1 Å². The van der Waals surface area contributed by atoms with Gasteiger partial charge in [-0.05, 0) is 32.6 Å². The van der Waals surface area contributed by atoms with E-state index in [1.807, 2.05) is 0 Å². The van der Waals surface area contributed by atoms with Crippen LogP contribution in [-0.2, 0) is 4.79 Å². The van der Waals surface area contributed by atoms with Crippen molar-refractivity contribution in [2.24, 2.45) is 5.92 Å². The lowest BCUT2D eigenvalue weighted by molar-refractivity contribution is -0.142. The summed E-state index contributed by atoms with van der Waals surface area (Å²) in [4.78, 5) is 10.8. The molecule has 1 N–H and O–H groups in total. The zero-order valence-electron chi connectivity index (χ0n) is 9.07. The SMILES string of the molecule is Cc1onc([C@H]2CC[C@H](C(=O)O)CC2)c1Cl. The Bertz CT molecular complexity index is 394. The first-order valence-electron chi connectivity index (χ1n) is 5.44. The average Bonchev–Trinajstić information content (AvgIpc) is 2.60. The summed E-state index contributed by atoms with van der Waals surface area (Å²) in [5, 5.41) is 13.4. The van der Waals surface area contributed by atoms with Gasteiger partial charge in [0.05, 0.1) is 5.92 Å². The van der Waals surface area contributed by atoms with Gasteiger partial charge in [-0.25, -0.2) is 0 Å². The fraction of sp³-hybridized carbons (Fsp3) is 0.636. The summed E-state index contributed by atoms with van der Waals surface area (Å²) in [6.45, 7) is 1.78. The number of halogens is 1. The standard InChI is InChI=1S/C11H14ClNO3/c1-6-9(12)10(13-16-6)7-2-4-8(5-3-7)11(14)15/h7-8H,2-5H2,1H3,(H,14,15)/t7-,8-. The Hall–Kier alpha value is -1.03. The molecule has 0 aliphatic heterocycles. The molecule has 1 aromatic heterocycles. The molecule has 0 radical (unpaired) electrons. The highest BCUT2D eigenvalue weighted by Gasteiger charge is 2.29. The summed E-state index contributed by atoms with van der Waals surface area (Å²) in [5.41, 5.74) is 0.794. The van der Waals surface area contributed by atoms with Gasteiger partial charge in [0.1, 0.15) is 10.7 Å². The van der Waals surface area contributed by atoms with Crippen LogP contribution in [0.25, 0.3) is 0 Å². The normalized spacial score (nSPS) is 25.6. The number of aromatic nitrogens is 1. The van der Waals surface area contributed by atoms with Crippen LogP contribution < -0.4 is 0 Å². The number of carbonyl (C=O) groups is 1. The second kappa shape index (κ2) is 4.45. The van der Waals surface area contributed by atoms with Gasteiger partial charge in [-0.2, -0.15) is 0 Å². The third-order valence-corrected chi connectivity index (χ3v) is 3.74. The van der Waals surface area contributed by atoms with Gasteiger partial charge in [-0.15, -0.1) is 0 Å². The lowest BCUT2D eigenvalue weighted by atomic mass is 9.80. The van der Waals surface area contributed by atoms with E-state index in [4.69, 9.17) is 21.2 Å². The van der Waals surface area contributed by atoms with Crippen LogP contribution >= 0.6 is 11.6 Å². The van der Waals surface area contributed by atoms with Crippen LogP contribution in [0.15, 0.2) is 4.52 Å². The van der Waals surface area contributed by atoms with Gasteiger partial charge in [-0.1, -0.05) is 16.8 Å². The Labute approximate surface area is 98.6 Å². The predicted molar refractivity (Wildman–Crippen MR) is 58.6 cm³/mol. The molecule has 0 spiro atoms. The zero-order valence-corrected chi connectivity index (χ0v) is 9.83. The Balaban J connectivity index is 2.04. The lowest BCUT2D eigenvalue weighted by Gasteiger charge is -2.24. The summed E-state index contributed by atoms with van der Waals surface area (Å²) in [5.74, 6) is -0.0125. The fourth-order valence-electron chi connectivity index (χ4n) is 2.25. The molecule has 1 heterocycles. The molecule has 1 aliphatic carbocycles. The first kappa shape index (κ1) is 11.5. The van der Waals surface area contributed by atoms with Crippen molar-refractivity contribution >= 4 is 17.6 Å². The van der Waals surface area contributed by atoms with Crippen molar-refractivity contribution in [2.45, 2.75) is 38.5 Å². The molecule has 1 saturated carbocycles. The highest BCUT2D eigenvalue weighted by Crippen LogP contribution is 2.38. The number of hydrogen-bond acceptors (Lipinski definition) is 3.